The number of carbonyl (C=O) groups is 1. The zero-order valence-corrected chi connectivity index (χ0v) is 17.5. The van der Waals surface area contributed by atoms with E-state index < -0.39 is 0 Å². The number of amides is 1. The minimum absolute atomic E-state index is 0.258. The Balaban J connectivity index is 1.38. The molecule has 0 radical (unpaired) electrons. The fraction of sp³-hybridized carbons (Fsp3) is 0.320. The Morgan fingerprint density at radius 2 is 2.16 bits per heavy atom. The highest BCUT2D eigenvalue weighted by Gasteiger charge is 2.33. The highest BCUT2D eigenvalue weighted by Crippen LogP contribution is 2.42. The fourth-order valence-electron chi connectivity index (χ4n) is 4.81. The molecule has 0 aromatic heterocycles. The monoisotopic (exact) mass is 420 g/mol. The number of nitrogens with zero attached hydrogens (tertiary/aromatic N) is 1. The lowest BCUT2D eigenvalue weighted by molar-refractivity contribution is -0.110. The summed E-state index contributed by atoms with van der Waals surface area (Å²) in [7, 11) is 1.68. The Labute approximate surface area is 181 Å². The van der Waals surface area contributed by atoms with Gasteiger partial charge in [-0.25, -0.2) is 4.39 Å². The van der Waals surface area contributed by atoms with E-state index in [9.17, 15) is 9.18 Å². The number of methoxy groups -OCH3 is 1. The number of ether oxygens (including phenoxy) is 2. The average molecular weight is 420 g/mol. The second-order valence-corrected chi connectivity index (χ2v) is 8.24. The lowest BCUT2D eigenvalue weighted by Gasteiger charge is -2.25. The molecule has 1 fully saturated rings. The highest BCUT2D eigenvalue weighted by atomic mass is 19.1. The molecule has 3 aliphatic heterocycles. The Kier molecular flexibility index (Phi) is 5.02. The number of nitrogens with one attached hydrogen (secondary N) is 1. The summed E-state index contributed by atoms with van der Waals surface area (Å²) >= 11 is 0. The lowest BCUT2D eigenvalue weighted by atomic mass is 9.98. The van der Waals surface area contributed by atoms with Gasteiger partial charge in [-0.1, -0.05) is 24.8 Å². The molecule has 1 N–H and O–H groups in total. The molecular formula is C25H25FN2O3. The topological polar surface area (TPSA) is 50.8 Å². The second kappa shape index (κ2) is 7.85. The third-order valence-corrected chi connectivity index (χ3v) is 6.42. The molecule has 0 bridgehead atoms. The number of anilines is 1. The standard InChI is InChI=1S/C25H25FN2O3/c1-15(30-2)22-4-3-10-28(22)11-9-16-5-7-19-17(12-16)14-31-24(19)23-20-13-18(26)6-8-21(20)27-25(23)29/h5-8,12-13,22H,1,3-4,9-11,14H2,2H3,(H,27,29)/b24-23+/t22-/m0/s1. The zero-order valence-electron chi connectivity index (χ0n) is 17.5. The minimum atomic E-state index is -0.377. The predicted octanol–water partition coefficient (Wildman–Crippen LogP) is 4.34. The van der Waals surface area contributed by atoms with Crippen LogP contribution in [0.15, 0.2) is 48.7 Å². The fourth-order valence-corrected chi connectivity index (χ4v) is 4.81. The zero-order chi connectivity index (χ0) is 21.5. The van der Waals surface area contributed by atoms with Crippen LogP contribution in [0.2, 0.25) is 0 Å². The molecule has 0 aliphatic carbocycles. The maximum Gasteiger partial charge on any atom is 0.260 e. The SMILES string of the molecule is C=C(OC)[C@@H]1CCCN1CCc1ccc2c(c1)CO/C2=C1/C(=O)Nc2ccc(F)cc21. The van der Waals surface area contributed by atoms with Gasteiger partial charge in [0, 0.05) is 28.9 Å². The second-order valence-electron chi connectivity index (χ2n) is 8.24. The molecule has 1 saturated heterocycles. The summed E-state index contributed by atoms with van der Waals surface area (Å²) in [6.07, 6.45) is 3.17. The summed E-state index contributed by atoms with van der Waals surface area (Å²) in [5.41, 5.74) is 4.74. The summed E-state index contributed by atoms with van der Waals surface area (Å²) in [6.45, 7) is 6.45. The Morgan fingerprint density at radius 3 is 3.00 bits per heavy atom. The van der Waals surface area contributed by atoms with E-state index in [-0.39, 0.29) is 11.7 Å². The van der Waals surface area contributed by atoms with Gasteiger partial charge in [-0.05, 0) is 49.6 Å². The van der Waals surface area contributed by atoms with Crippen LogP contribution >= 0.6 is 0 Å². The summed E-state index contributed by atoms with van der Waals surface area (Å²) in [5, 5.41) is 2.80. The van der Waals surface area contributed by atoms with Crippen LogP contribution in [0, 0.1) is 5.82 Å². The smallest absolute Gasteiger partial charge is 0.260 e. The van der Waals surface area contributed by atoms with Gasteiger partial charge in [0.25, 0.3) is 5.91 Å². The molecule has 3 aliphatic rings. The van der Waals surface area contributed by atoms with Crippen molar-refractivity contribution in [1.82, 2.24) is 4.90 Å². The van der Waals surface area contributed by atoms with Crippen molar-refractivity contribution in [3.05, 3.63) is 76.8 Å². The van der Waals surface area contributed by atoms with Crippen molar-refractivity contribution in [2.24, 2.45) is 0 Å². The summed E-state index contributed by atoms with van der Waals surface area (Å²) < 4.78 is 25.1. The lowest BCUT2D eigenvalue weighted by Crippen LogP contribution is -2.33. The maximum atomic E-state index is 13.8. The number of halogens is 1. The Hall–Kier alpha value is -3.12. The van der Waals surface area contributed by atoms with Crippen LogP contribution < -0.4 is 5.32 Å². The van der Waals surface area contributed by atoms with Gasteiger partial charge in [-0.3, -0.25) is 9.69 Å². The number of fused-ring (bicyclic) bond motifs is 2. The van der Waals surface area contributed by atoms with Gasteiger partial charge < -0.3 is 14.8 Å². The molecule has 1 amide bonds. The Bertz CT molecular complexity index is 1110. The number of benzene rings is 2. The molecule has 5 rings (SSSR count). The number of hydrogen-bond acceptors (Lipinski definition) is 4. The third kappa shape index (κ3) is 3.51. The van der Waals surface area contributed by atoms with Crippen LogP contribution in [0.25, 0.3) is 11.3 Å². The van der Waals surface area contributed by atoms with Crippen LogP contribution in [0.3, 0.4) is 0 Å². The van der Waals surface area contributed by atoms with E-state index in [1.54, 1.807) is 13.2 Å². The first-order chi connectivity index (χ1) is 15.0. The first-order valence-electron chi connectivity index (χ1n) is 10.6. The van der Waals surface area contributed by atoms with Crippen LogP contribution in [-0.2, 0) is 27.3 Å². The highest BCUT2D eigenvalue weighted by molar-refractivity contribution is 6.36. The molecule has 0 saturated carbocycles. The van der Waals surface area contributed by atoms with Gasteiger partial charge in [-0.15, -0.1) is 0 Å². The van der Waals surface area contributed by atoms with E-state index in [4.69, 9.17) is 9.47 Å². The number of carbonyl (C=O) groups excluding carboxylic acids is 1. The van der Waals surface area contributed by atoms with Gasteiger partial charge in [0.1, 0.15) is 23.9 Å². The van der Waals surface area contributed by atoms with E-state index in [0.29, 0.717) is 35.2 Å². The average Bonchev–Trinajstić information content (AvgIpc) is 3.47. The number of hydrogen-bond donors (Lipinski definition) is 1. The quantitative estimate of drug-likeness (QED) is 0.577. The minimum Gasteiger partial charge on any atom is -0.500 e. The van der Waals surface area contributed by atoms with Crippen molar-refractivity contribution in [3.8, 4) is 0 Å². The van der Waals surface area contributed by atoms with Gasteiger partial charge >= 0.3 is 0 Å². The van der Waals surface area contributed by atoms with Crippen molar-refractivity contribution in [2.45, 2.75) is 31.9 Å². The van der Waals surface area contributed by atoms with Crippen molar-refractivity contribution in [2.75, 3.05) is 25.5 Å². The van der Waals surface area contributed by atoms with E-state index in [0.717, 1.165) is 49.2 Å². The molecule has 5 nitrogen and oxygen atoms in total. The summed E-state index contributed by atoms with van der Waals surface area (Å²) in [5.74, 6) is 0.728. The van der Waals surface area contributed by atoms with Gasteiger partial charge in [0.15, 0.2) is 0 Å². The van der Waals surface area contributed by atoms with Gasteiger partial charge in [0.05, 0.1) is 18.7 Å². The van der Waals surface area contributed by atoms with E-state index in [1.165, 1.54) is 17.7 Å². The molecule has 2 aromatic carbocycles. The maximum absolute atomic E-state index is 13.8. The number of likely N-dealkylation sites (tertiary alicyclic amines) is 1. The van der Waals surface area contributed by atoms with Crippen LogP contribution in [0.4, 0.5) is 10.1 Å². The molecule has 6 heteroatoms. The van der Waals surface area contributed by atoms with E-state index in [1.807, 2.05) is 6.07 Å². The van der Waals surface area contributed by atoms with Gasteiger partial charge in [0.2, 0.25) is 0 Å². The van der Waals surface area contributed by atoms with E-state index >= 15 is 0 Å². The first kappa shape index (κ1) is 19.8. The van der Waals surface area contributed by atoms with Crippen molar-refractivity contribution in [1.29, 1.82) is 0 Å². The van der Waals surface area contributed by atoms with Crippen molar-refractivity contribution in [3.63, 3.8) is 0 Å². The summed E-state index contributed by atoms with van der Waals surface area (Å²) in [6, 6.07) is 10.8. The normalized spacial score (nSPS) is 22.1. The molecule has 1 atom stereocenters. The Morgan fingerprint density at radius 1 is 1.29 bits per heavy atom. The number of rotatable bonds is 5. The van der Waals surface area contributed by atoms with E-state index in [2.05, 4.69) is 28.9 Å². The molecular weight excluding hydrogens is 395 g/mol. The molecule has 0 spiro atoms. The molecule has 3 heterocycles. The molecule has 2 aromatic rings. The van der Waals surface area contributed by atoms with Crippen LogP contribution in [0.5, 0.6) is 0 Å². The van der Waals surface area contributed by atoms with Crippen LogP contribution in [-0.4, -0.2) is 37.0 Å². The first-order valence-corrected chi connectivity index (χ1v) is 10.6. The van der Waals surface area contributed by atoms with Crippen molar-refractivity contribution >= 4 is 22.9 Å². The predicted molar refractivity (Wildman–Crippen MR) is 118 cm³/mol. The third-order valence-electron chi connectivity index (χ3n) is 6.42. The molecule has 0 unspecified atom stereocenters. The van der Waals surface area contributed by atoms with Crippen molar-refractivity contribution < 1.29 is 18.7 Å². The molecule has 31 heavy (non-hydrogen) atoms. The van der Waals surface area contributed by atoms with Gasteiger partial charge in [-0.2, -0.15) is 0 Å². The largest absolute Gasteiger partial charge is 0.500 e. The van der Waals surface area contributed by atoms with Crippen LogP contribution in [0.1, 0.15) is 35.1 Å². The summed E-state index contributed by atoms with van der Waals surface area (Å²) in [4.78, 5) is 15.0. The molecule has 160 valence electrons.